The summed E-state index contributed by atoms with van der Waals surface area (Å²) in [5.41, 5.74) is 0.362. The molecule has 37 heavy (non-hydrogen) atoms. The number of thioether (sulfide) groups is 2. The van der Waals surface area contributed by atoms with Crippen molar-refractivity contribution in [2.24, 2.45) is 12.0 Å². The number of nitrogens with one attached hydrogen (secondary N) is 2. The number of hydrogen-bond donors (Lipinski definition) is 3. The molecule has 1 saturated heterocycles. The Balaban J connectivity index is 1.63. The second-order valence-electron chi connectivity index (χ2n) is 8.72. The van der Waals surface area contributed by atoms with E-state index in [0.717, 1.165) is 19.4 Å². The predicted octanol–water partition coefficient (Wildman–Crippen LogP) is 0.903. The van der Waals surface area contributed by atoms with E-state index in [2.05, 4.69) is 25.7 Å². The Kier molecular flexibility index (Phi) is 10.1. The summed E-state index contributed by atoms with van der Waals surface area (Å²) in [4.78, 5) is 59.2. The number of fused-ring (bicyclic) bond motifs is 1. The van der Waals surface area contributed by atoms with Crippen LogP contribution in [0.1, 0.15) is 45.2 Å². The zero-order chi connectivity index (χ0) is 27.1. The standard InChI is InChI=1S/C23H33N7O5S2/c1-5-9-24-22(25-10-6-2)36-12-16(31)26-17-15-8-7-14(18(21(34)35)30(15)20(17)33)11-37-23-27-19(32)13(3)28-29(23)4/h15,17H,5-12H2,1-4H3,(H,24,25)(H,26,31)(H,34,35). The summed E-state index contributed by atoms with van der Waals surface area (Å²) in [5, 5.41) is 21.0. The van der Waals surface area contributed by atoms with E-state index in [1.54, 1.807) is 14.0 Å². The number of hydrogen-bond acceptors (Lipinski definition) is 9. The largest absolute Gasteiger partial charge is 0.477 e. The van der Waals surface area contributed by atoms with Crippen LogP contribution >= 0.6 is 23.5 Å². The lowest BCUT2D eigenvalue weighted by Gasteiger charge is -2.50. The van der Waals surface area contributed by atoms with E-state index in [1.807, 2.05) is 13.8 Å². The molecule has 0 spiro atoms. The predicted molar refractivity (Wildman–Crippen MR) is 143 cm³/mol. The molecule has 202 valence electrons. The van der Waals surface area contributed by atoms with Crippen molar-refractivity contribution in [2.45, 2.75) is 63.7 Å². The molecular weight excluding hydrogens is 518 g/mol. The van der Waals surface area contributed by atoms with Gasteiger partial charge in [-0.25, -0.2) is 9.48 Å². The van der Waals surface area contributed by atoms with Gasteiger partial charge in [-0.3, -0.25) is 24.3 Å². The van der Waals surface area contributed by atoms with Crippen LogP contribution in [0.2, 0.25) is 0 Å². The Morgan fingerprint density at radius 1 is 1.24 bits per heavy atom. The Morgan fingerprint density at radius 3 is 2.68 bits per heavy atom. The topological polar surface area (TPSA) is 159 Å². The molecule has 1 aromatic rings. The third-order valence-electron chi connectivity index (χ3n) is 5.86. The maximum absolute atomic E-state index is 12.9. The maximum atomic E-state index is 12.9. The fourth-order valence-corrected chi connectivity index (χ4v) is 5.75. The van der Waals surface area contributed by atoms with Gasteiger partial charge in [-0.05, 0) is 38.2 Å². The highest BCUT2D eigenvalue weighted by Crippen LogP contribution is 2.38. The first kappa shape index (κ1) is 28.7. The first-order chi connectivity index (χ1) is 17.7. The molecule has 3 N–H and O–H groups in total. The first-order valence-corrected chi connectivity index (χ1v) is 14.2. The van der Waals surface area contributed by atoms with Gasteiger partial charge < -0.3 is 15.7 Å². The molecular formula is C23H33N7O5S2. The average Bonchev–Trinajstić information content (AvgIpc) is 2.87. The van der Waals surface area contributed by atoms with Gasteiger partial charge in [0.2, 0.25) is 5.91 Å². The van der Waals surface area contributed by atoms with E-state index in [1.165, 1.54) is 33.1 Å². The van der Waals surface area contributed by atoms with E-state index in [4.69, 9.17) is 0 Å². The van der Waals surface area contributed by atoms with Crippen LogP contribution < -0.4 is 16.2 Å². The summed E-state index contributed by atoms with van der Waals surface area (Å²) in [5.74, 6) is -1.57. The fourth-order valence-electron chi connectivity index (χ4n) is 4.06. The van der Waals surface area contributed by atoms with E-state index in [0.29, 0.717) is 35.3 Å². The normalized spacial score (nSPS) is 19.4. The number of aliphatic carboxylic acids is 1. The van der Waals surface area contributed by atoms with Gasteiger partial charge in [0.05, 0.1) is 11.8 Å². The van der Waals surface area contributed by atoms with E-state index in [9.17, 15) is 24.3 Å². The monoisotopic (exact) mass is 551 g/mol. The van der Waals surface area contributed by atoms with Crippen molar-refractivity contribution < 1.29 is 19.5 Å². The van der Waals surface area contributed by atoms with Gasteiger partial charge >= 0.3 is 5.97 Å². The lowest BCUT2D eigenvalue weighted by atomic mass is 9.84. The smallest absolute Gasteiger partial charge is 0.352 e. The van der Waals surface area contributed by atoms with Gasteiger partial charge in [-0.15, -0.1) is 0 Å². The molecule has 3 heterocycles. The van der Waals surface area contributed by atoms with Crippen LogP contribution in [0.25, 0.3) is 0 Å². The molecule has 2 amide bonds. The molecule has 3 rings (SSSR count). The number of carbonyl (C=O) groups is 3. The van der Waals surface area contributed by atoms with Crippen LogP contribution in [0.4, 0.5) is 0 Å². The highest BCUT2D eigenvalue weighted by Gasteiger charge is 2.53. The molecule has 14 heteroatoms. The number of rotatable bonds is 11. The third-order valence-corrected chi connectivity index (χ3v) is 7.92. The molecule has 1 aromatic heterocycles. The Labute approximate surface area is 223 Å². The molecule has 0 bridgehead atoms. The van der Waals surface area contributed by atoms with Crippen LogP contribution in [0.3, 0.4) is 0 Å². The third kappa shape index (κ3) is 6.92. The number of aromatic nitrogens is 3. The van der Waals surface area contributed by atoms with Gasteiger partial charge in [0.15, 0.2) is 10.3 Å². The van der Waals surface area contributed by atoms with Crippen LogP contribution in [-0.2, 0) is 21.4 Å². The van der Waals surface area contributed by atoms with Gasteiger partial charge in [0.1, 0.15) is 17.4 Å². The van der Waals surface area contributed by atoms with E-state index >= 15 is 0 Å². The lowest BCUT2D eigenvalue weighted by molar-refractivity contribution is -0.155. The molecule has 0 radical (unpaired) electrons. The molecule has 2 unspecified atom stereocenters. The van der Waals surface area contributed by atoms with Crippen molar-refractivity contribution in [3.63, 3.8) is 0 Å². The van der Waals surface area contributed by atoms with Crippen molar-refractivity contribution >= 4 is 46.5 Å². The van der Waals surface area contributed by atoms with Crippen molar-refractivity contribution in [2.75, 3.05) is 24.6 Å². The number of amidine groups is 1. The summed E-state index contributed by atoms with van der Waals surface area (Å²) in [7, 11) is 1.66. The number of carboxylic acids is 1. The number of aliphatic imine (C=N–C) groups is 1. The number of amides is 2. The zero-order valence-electron chi connectivity index (χ0n) is 21.4. The fraction of sp³-hybridized carbons (Fsp3) is 0.609. The Bertz CT molecular complexity index is 1170. The van der Waals surface area contributed by atoms with E-state index < -0.39 is 29.5 Å². The maximum Gasteiger partial charge on any atom is 0.352 e. The highest BCUT2D eigenvalue weighted by atomic mass is 32.2. The second kappa shape index (κ2) is 13.1. The number of β-lactam (4-membered cyclic amide) rings is 1. The Hall–Kier alpha value is -2.87. The van der Waals surface area contributed by atoms with Crippen molar-refractivity contribution in [1.29, 1.82) is 0 Å². The van der Waals surface area contributed by atoms with Crippen molar-refractivity contribution in [3.05, 3.63) is 27.3 Å². The lowest BCUT2D eigenvalue weighted by Crippen LogP contribution is -2.71. The average molecular weight is 552 g/mol. The number of nitrogens with zero attached hydrogens (tertiary/aromatic N) is 5. The number of aryl methyl sites for hydroxylation is 2. The minimum Gasteiger partial charge on any atom is -0.477 e. The number of carbonyl (C=O) groups excluding carboxylic acids is 2. The summed E-state index contributed by atoms with van der Waals surface area (Å²) in [6, 6.07) is -1.16. The SMILES string of the molecule is CCCN=C(NCCC)SCC(=O)NC1C(=O)N2C(C(=O)O)=C(CSc3nc(=O)c(C)nn3C)CCC12. The van der Waals surface area contributed by atoms with Crippen molar-refractivity contribution in [1.82, 2.24) is 30.3 Å². The molecule has 1 fully saturated rings. The Morgan fingerprint density at radius 2 is 2.00 bits per heavy atom. The summed E-state index contributed by atoms with van der Waals surface area (Å²) < 4.78 is 1.47. The van der Waals surface area contributed by atoms with Crippen LogP contribution in [0.5, 0.6) is 0 Å². The van der Waals surface area contributed by atoms with Gasteiger partial charge in [0.25, 0.3) is 11.5 Å². The van der Waals surface area contributed by atoms with Crippen LogP contribution in [-0.4, -0.2) is 84.4 Å². The molecule has 0 saturated carbocycles. The van der Waals surface area contributed by atoms with Crippen LogP contribution in [0, 0.1) is 6.92 Å². The van der Waals surface area contributed by atoms with Crippen LogP contribution in [0.15, 0.2) is 26.2 Å². The molecule has 2 atom stereocenters. The second-order valence-corrected chi connectivity index (χ2v) is 10.6. The molecule has 0 aromatic carbocycles. The highest BCUT2D eigenvalue weighted by molar-refractivity contribution is 8.14. The van der Waals surface area contributed by atoms with E-state index in [-0.39, 0.29) is 28.8 Å². The molecule has 12 nitrogen and oxygen atoms in total. The van der Waals surface area contributed by atoms with Gasteiger partial charge in [-0.2, -0.15) is 10.1 Å². The summed E-state index contributed by atoms with van der Waals surface area (Å²) in [6.45, 7) is 7.06. The summed E-state index contributed by atoms with van der Waals surface area (Å²) in [6.07, 6.45) is 2.81. The van der Waals surface area contributed by atoms with Gasteiger partial charge in [-0.1, -0.05) is 37.4 Å². The molecule has 2 aliphatic rings. The summed E-state index contributed by atoms with van der Waals surface area (Å²) >= 11 is 2.49. The first-order valence-electron chi connectivity index (χ1n) is 12.2. The van der Waals surface area contributed by atoms with Crippen molar-refractivity contribution in [3.8, 4) is 0 Å². The minimum atomic E-state index is -1.20. The molecule has 2 aliphatic heterocycles. The molecule has 0 aliphatic carbocycles. The van der Waals surface area contributed by atoms with Gasteiger partial charge in [0, 0.05) is 25.9 Å². The minimum absolute atomic E-state index is 0.0588. The quantitative estimate of drug-likeness (QED) is 0.156. The zero-order valence-corrected chi connectivity index (χ0v) is 23.1. The number of carboxylic acid groups (broad SMARTS) is 1.